The van der Waals surface area contributed by atoms with Crippen molar-refractivity contribution in [3.05, 3.63) is 96.1 Å². The minimum atomic E-state index is -4.73. The number of alkyl halides is 6. The molecule has 36 heavy (non-hydrogen) atoms. The molecule has 0 aliphatic rings. The van der Waals surface area contributed by atoms with Gasteiger partial charge in [-0.05, 0) is 48.5 Å². The van der Waals surface area contributed by atoms with Crippen molar-refractivity contribution in [2.75, 3.05) is 11.5 Å². The van der Waals surface area contributed by atoms with Gasteiger partial charge in [0, 0.05) is 22.5 Å². The first-order chi connectivity index (χ1) is 16.9. The van der Waals surface area contributed by atoms with E-state index in [4.69, 9.17) is 20.9 Å². The van der Waals surface area contributed by atoms with E-state index in [1.807, 2.05) is 0 Å². The number of rotatable bonds is 5. The van der Waals surface area contributed by atoms with Crippen LogP contribution < -0.4 is 20.9 Å². The molecule has 0 bridgehead atoms. The van der Waals surface area contributed by atoms with Crippen molar-refractivity contribution in [2.45, 2.75) is 12.4 Å². The quantitative estimate of drug-likeness (QED) is 0.213. The summed E-state index contributed by atoms with van der Waals surface area (Å²) in [4.78, 5) is 0. The Hall–Kier alpha value is -4.34. The highest BCUT2D eigenvalue weighted by Gasteiger charge is 2.36. The van der Waals surface area contributed by atoms with E-state index in [-0.39, 0.29) is 22.9 Å². The molecule has 0 saturated carbocycles. The summed E-state index contributed by atoms with van der Waals surface area (Å²) in [5.41, 5.74) is 9.31. The van der Waals surface area contributed by atoms with Gasteiger partial charge in [-0.15, -0.1) is 0 Å². The molecule has 0 unspecified atom stereocenters. The van der Waals surface area contributed by atoms with Gasteiger partial charge in [-0.1, -0.05) is 36.4 Å². The summed E-state index contributed by atoms with van der Waals surface area (Å²) in [7, 11) is 0. The molecule has 0 fully saturated rings. The number of ether oxygens (including phenoxy) is 2. The normalized spacial score (nSPS) is 11.8. The maximum Gasteiger partial charge on any atom is 0.420 e. The summed E-state index contributed by atoms with van der Waals surface area (Å²) in [5.74, 6) is -0.921. The van der Waals surface area contributed by atoms with E-state index in [9.17, 15) is 26.3 Å². The van der Waals surface area contributed by atoms with E-state index in [0.717, 1.165) is 24.3 Å². The lowest BCUT2D eigenvalue weighted by Gasteiger charge is -2.19. The van der Waals surface area contributed by atoms with Gasteiger partial charge in [0.1, 0.15) is 34.1 Å². The van der Waals surface area contributed by atoms with Crippen molar-refractivity contribution >= 4 is 11.4 Å². The molecule has 0 aliphatic carbocycles. The zero-order valence-electron chi connectivity index (χ0n) is 18.3. The first kappa shape index (κ1) is 24.8. The van der Waals surface area contributed by atoms with Crippen LogP contribution in [0.15, 0.2) is 84.9 Å². The highest BCUT2D eigenvalue weighted by molar-refractivity contribution is 5.76. The van der Waals surface area contributed by atoms with Gasteiger partial charge in [0.25, 0.3) is 0 Å². The van der Waals surface area contributed by atoms with Crippen molar-refractivity contribution in [3.8, 4) is 34.1 Å². The number of anilines is 2. The standard InChI is InChI=1S/C26H18F6N2O2/c27-25(28,29)19-13-15(33)9-11-23(19)35-21-7-3-1-5-17(21)18-6-2-4-8-22(18)36-24-12-10-16(34)14-20(24)26(30,31)32/h1-14H,33-34H2. The van der Waals surface area contributed by atoms with Gasteiger partial charge in [-0.25, -0.2) is 0 Å². The van der Waals surface area contributed by atoms with Crippen LogP contribution in [0.25, 0.3) is 11.1 Å². The van der Waals surface area contributed by atoms with Crippen molar-refractivity contribution in [3.63, 3.8) is 0 Å². The number of halogens is 6. The van der Waals surface area contributed by atoms with E-state index >= 15 is 0 Å². The average molecular weight is 504 g/mol. The molecule has 0 aromatic heterocycles. The van der Waals surface area contributed by atoms with E-state index in [2.05, 4.69) is 0 Å². The van der Waals surface area contributed by atoms with Crippen molar-refractivity contribution < 1.29 is 35.8 Å². The van der Waals surface area contributed by atoms with Crippen LogP contribution in [0.3, 0.4) is 0 Å². The van der Waals surface area contributed by atoms with Gasteiger partial charge in [-0.2, -0.15) is 26.3 Å². The molecule has 0 saturated heterocycles. The lowest BCUT2D eigenvalue weighted by Crippen LogP contribution is -2.08. The van der Waals surface area contributed by atoms with Crippen LogP contribution in [0.2, 0.25) is 0 Å². The maximum absolute atomic E-state index is 13.6. The number of hydrogen-bond donors (Lipinski definition) is 2. The monoisotopic (exact) mass is 504 g/mol. The Balaban J connectivity index is 1.78. The van der Waals surface area contributed by atoms with Crippen LogP contribution in [-0.4, -0.2) is 0 Å². The second kappa shape index (κ2) is 9.37. The first-order valence-corrected chi connectivity index (χ1v) is 10.4. The third kappa shape index (κ3) is 5.32. The molecule has 0 aliphatic heterocycles. The Morgan fingerprint density at radius 2 is 0.833 bits per heavy atom. The summed E-state index contributed by atoms with van der Waals surface area (Å²) in [6.45, 7) is 0. The van der Waals surface area contributed by atoms with Crippen LogP contribution in [0, 0.1) is 0 Å². The molecule has 10 heteroatoms. The SMILES string of the molecule is Nc1ccc(Oc2ccccc2-c2ccccc2Oc2ccc(N)cc2C(F)(F)F)c(C(F)(F)F)c1. The Bertz CT molecular complexity index is 1290. The van der Waals surface area contributed by atoms with Gasteiger partial charge < -0.3 is 20.9 Å². The topological polar surface area (TPSA) is 70.5 Å². The minimum absolute atomic E-state index is 0.0252. The molecule has 0 spiro atoms. The molecule has 4 aromatic carbocycles. The Morgan fingerprint density at radius 1 is 0.472 bits per heavy atom. The van der Waals surface area contributed by atoms with E-state index in [0.29, 0.717) is 11.1 Å². The van der Waals surface area contributed by atoms with Crippen LogP contribution in [-0.2, 0) is 12.4 Å². The van der Waals surface area contributed by atoms with Crippen LogP contribution in [0.1, 0.15) is 11.1 Å². The third-order valence-corrected chi connectivity index (χ3v) is 5.12. The smallest absolute Gasteiger partial charge is 0.420 e. The van der Waals surface area contributed by atoms with Gasteiger partial charge in [0.15, 0.2) is 0 Å². The van der Waals surface area contributed by atoms with Gasteiger partial charge in [0.2, 0.25) is 0 Å². The van der Waals surface area contributed by atoms with Gasteiger partial charge >= 0.3 is 12.4 Å². The summed E-state index contributed by atoms with van der Waals surface area (Å²) < 4.78 is 92.7. The number of benzene rings is 4. The van der Waals surface area contributed by atoms with Crippen molar-refractivity contribution in [1.29, 1.82) is 0 Å². The number of nitrogens with two attached hydrogens (primary N) is 2. The fraction of sp³-hybridized carbons (Fsp3) is 0.0769. The zero-order valence-corrected chi connectivity index (χ0v) is 18.3. The predicted octanol–water partition coefficient (Wildman–Crippen LogP) is 8.14. The second-order valence-corrected chi connectivity index (χ2v) is 7.70. The Morgan fingerprint density at radius 3 is 1.19 bits per heavy atom. The van der Waals surface area contributed by atoms with E-state index < -0.39 is 35.0 Å². The average Bonchev–Trinajstić information content (AvgIpc) is 2.81. The second-order valence-electron chi connectivity index (χ2n) is 7.70. The summed E-state index contributed by atoms with van der Waals surface area (Å²) in [5, 5.41) is 0. The Kier molecular flexibility index (Phi) is 6.45. The van der Waals surface area contributed by atoms with E-state index in [1.165, 1.54) is 24.3 Å². The molecule has 4 aromatic rings. The van der Waals surface area contributed by atoms with Crippen LogP contribution in [0.5, 0.6) is 23.0 Å². The molecule has 4 rings (SSSR count). The van der Waals surface area contributed by atoms with Crippen LogP contribution in [0.4, 0.5) is 37.7 Å². The summed E-state index contributed by atoms with van der Waals surface area (Å²) >= 11 is 0. The lowest BCUT2D eigenvalue weighted by molar-refractivity contribution is -0.139. The molecule has 0 amide bonds. The summed E-state index contributed by atoms with van der Waals surface area (Å²) in [6, 6.07) is 18.5. The zero-order chi connectivity index (χ0) is 26.1. The molecule has 0 radical (unpaired) electrons. The Labute approximate surface area is 201 Å². The molecule has 4 nitrogen and oxygen atoms in total. The first-order valence-electron chi connectivity index (χ1n) is 10.4. The van der Waals surface area contributed by atoms with Crippen LogP contribution >= 0.6 is 0 Å². The molecule has 0 heterocycles. The largest absolute Gasteiger partial charge is 0.456 e. The number of para-hydroxylation sites is 2. The minimum Gasteiger partial charge on any atom is -0.456 e. The maximum atomic E-state index is 13.6. The molecule has 0 atom stereocenters. The number of hydrogen-bond acceptors (Lipinski definition) is 4. The lowest BCUT2D eigenvalue weighted by atomic mass is 10.0. The fourth-order valence-electron chi connectivity index (χ4n) is 3.51. The van der Waals surface area contributed by atoms with Gasteiger partial charge in [-0.3, -0.25) is 0 Å². The van der Waals surface area contributed by atoms with Crippen molar-refractivity contribution in [2.24, 2.45) is 0 Å². The fourth-order valence-corrected chi connectivity index (χ4v) is 3.51. The predicted molar refractivity (Wildman–Crippen MR) is 124 cm³/mol. The molecule has 186 valence electrons. The third-order valence-electron chi connectivity index (χ3n) is 5.12. The highest BCUT2D eigenvalue weighted by atomic mass is 19.4. The molecule has 4 N–H and O–H groups in total. The highest BCUT2D eigenvalue weighted by Crippen LogP contribution is 2.45. The van der Waals surface area contributed by atoms with E-state index in [1.54, 1.807) is 36.4 Å². The molecular weight excluding hydrogens is 486 g/mol. The number of nitrogen functional groups attached to an aromatic ring is 2. The van der Waals surface area contributed by atoms with Crippen molar-refractivity contribution in [1.82, 2.24) is 0 Å². The summed E-state index contributed by atoms with van der Waals surface area (Å²) in [6.07, 6.45) is -9.46. The molecular formula is C26H18F6N2O2. The van der Waals surface area contributed by atoms with Gasteiger partial charge in [0.05, 0.1) is 0 Å².